The lowest BCUT2D eigenvalue weighted by Gasteiger charge is -2.14. The van der Waals surface area contributed by atoms with Crippen molar-refractivity contribution in [1.29, 1.82) is 0 Å². The van der Waals surface area contributed by atoms with E-state index in [0.717, 1.165) is 12.0 Å². The Morgan fingerprint density at radius 3 is 2.62 bits per heavy atom. The van der Waals surface area contributed by atoms with Gasteiger partial charge in [0.2, 0.25) is 5.91 Å². The van der Waals surface area contributed by atoms with Crippen molar-refractivity contribution in [3.05, 3.63) is 66.2 Å². The van der Waals surface area contributed by atoms with Crippen LogP contribution in [0, 0.1) is 0 Å². The van der Waals surface area contributed by atoms with Crippen LogP contribution < -0.4 is 20.7 Å². The number of benzene rings is 2. The third-order valence-corrected chi connectivity index (χ3v) is 4.20. The number of anilines is 2. The molecule has 3 N–H and O–H groups in total. The Kier molecular flexibility index (Phi) is 8.27. The molecule has 6 heteroatoms. The van der Waals surface area contributed by atoms with Crippen LogP contribution in [0.4, 0.5) is 11.4 Å². The molecule has 154 valence electrons. The summed E-state index contributed by atoms with van der Waals surface area (Å²) in [7, 11) is 0. The van der Waals surface area contributed by atoms with Crippen LogP contribution in [0.25, 0.3) is 0 Å². The van der Waals surface area contributed by atoms with Crippen LogP contribution >= 0.6 is 0 Å². The molecule has 0 fully saturated rings. The number of amides is 2. The van der Waals surface area contributed by atoms with E-state index in [2.05, 4.69) is 22.5 Å². The molecule has 2 rings (SSSR count). The summed E-state index contributed by atoms with van der Waals surface area (Å²) in [5.74, 6) is 0.245. The monoisotopic (exact) mass is 395 g/mol. The Bertz CT molecular complexity index is 864. The normalized spacial score (nSPS) is 11.3. The summed E-state index contributed by atoms with van der Waals surface area (Å²) in [6.07, 6.45) is 0.863. The molecule has 0 bridgehead atoms. The third-order valence-electron chi connectivity index (χ3n) is 4.20. The predicted molar refractivity (Wildman–Crippen MR) is 118 cm³/mol. The quantitative estimate of drug-likeness (QED) is 0.526. The maximum Gasteiger partial charge on any atom is 0.251 e. The second-order valence-corrected chi connectivity index (χ2v) is 7.01. The summed E-state index contributed by atoms with van der Waals surface area (Å²) in [5.41, 5.74) is 2.74. The minimum Gasteiger partial charge on any atom is -0.487 e. The molecule has 6 nitrogen and oxygen atoms in total. The highest BCUT2D eigenvalue weighted by Crippen LogP contribution is 2.24. The van der Waals surface area contributed by atoms with E-state index < -0.39 is 0 Å². The van der Waals surface area contributed by atoms with Crippen molar-refractivity contribution in [3.8, 4) is 5.75 Å². The standard InChI is InChI=1S/C23H29N3O3/c1-5-17(4)25-23(28)18-9-8-10-19(13-18)24-14-22(27)26-20-11-6-7-12-21(20)29-15-16(2)3/h6-13,17,24H,2,5,14-15H2,1,3-4H3,(H,25,28)(H,26,27). The maximum absolute atomic E-state index is 12.4. The molecule has 2 aromatic rings. The minimum absolute atomic E-state index is 0.0608. The second kappa shape index (κ2) is 10.9. The molecule has 0 aliphatic heterocycles. The van der Waals surface area contributed by atoms with Crippen molar-refractivity contribution in [2.75, 3.05) is 23.8 Å². The topological polar surface area (TPSA) is 79.5 Å². The summed E-state index contributed by atoms with van der Waals surface area (Å²) in [6.45, 7) is 10.1. The Morgan fingerprint density at radius 2 is 1.90 bits per heavy atom. The molecule has 29 heavy (non-hydrogen) atoms. The van der Waals surface area contributed by atoms with Gasteiger partial charge in [0, 0.05) is 17.3 Å². The molecular weight excluding hydrogens is 366 g/mol. The van der Waals surface area contributed by atoms with E-state index in [9.17, 15) is 9.59 Å². The van der Waals surface area contributed by atoms with Crippen molar-refractivity contribution in [2.24, 2.45) is 0 Å². The van der Waals surface area contributed by atoms with E-state index in [0.29, 0.717) is 29.3 Å². The van der Waals surface area contributed by atoms with Crippen LogP contribution in [-0.4, -0.2) is 31.0 Å². The van der Waals surface area contributed by atoms with E-state index in [1.165, 1.54) is 0 Å². The number of rotatable bonds is 10. The van der Waals surface area contributed by atoms with Crippen molar-refractivity contribution < 1.29 is 14.3 Å². The summed E-state index contributed by atoms with van der Waals surface area (Å²) in [5, 5.41) is 8.82. The Balaban J connectivity index is 1.94. The van der Waals surface area contributed by atoms with E-state index in [4.69, 9.17) is 4.74 Å². The molecule has 0 aliphatic rings. The van der Waals surface area contributed by atoms with E-state index in [1.807, 2.05) is 39.0 Å². The summed E-state index contributed by atoms with van der Waals surface area (Å²) in [6, 6.07) is 14.4. The molecule has 2 amide bonds. The number of hydrogen-bond acceptors (Lipinski definition) is 4. The highest BCUT2D eigenvalue weighted by atomic mass is 16.5. The summed E-state index contributed by atoms with van der Waals surface area (Å²) in [4.78, 5) is 24.6. The molecule has 0 aliphatic carbocycles. The van der Waals surface area contributed by atoms with Gasteiger partial charge in [-0.1, -0.05) is 31.7 Å². The van der Waals surface area contributed by atoms with Crippen molar-refractivity contribution >= 4 is 23.2 Å². The van der Waals surface area contributed by atoms with E-state index >= 15 is 0 Å². The van der Waals surface area contributed by atoms with Crippen LogP contribution in [0.15, 0.2) is 60.7 Å². The SMILES string of the molecule is C=C(C)COc1ccccc1NC(=O)CNc1cccc(C(=O)NC(C)CC)c1. The average Bonchev–Trinajstić information content (AvgIpc) is 2.71. The zero-order valence-corrected chi connectivity index (χ0v) is 17.2. The number of nitrogens with one attached hydrogen (secondary N) is 3. The minimum atomic E-state index is -0.217. The first-order chi connectivity index (χ1) is 13.9. The van der Waals surface area contributed by atoms with Crippen molar-refractivity contribution in [1.82, 2.24) is 5.32 Å². The van der Waals surface area contributed by atoms with Crippen molar-refractivity contribution in [3.63, 3.8) is 0 Å². The Hall–Kier alpha value is -3.28. The van der Waals surface area contributed by atoms with Gasteiger partial charge in [0.1, 0.15) is 12.4 Å². The van der Waals surface area contributed by atoms with Gasteiger partial charge in [-0.25, -0.2) is 0 Å². The van der Waals surface area contributed by atoms with Crippen LogP contribution in [0.3, 0.4) is 0 Å². The zero-order valence-electron chi connectivity index (χ0n) is 17.2. The first-order valence-electron chi connectivity index (χ1n) is 9.70. The maximum atomic E-state index is 12.4. The third kappa shape index (κ3) is 7.33. The molecule has 0 aromatic heterocycles. The molecule has 0 heterocycles. The molecule has 0 spiro atoms. The molecule has 2 aromatic carbocycles. The highest BCUT2D eigenvalue weighted by molar-refractivity contribution is 5.96. The molecular formula is C23H29N3O3. The van der Waals surface area contributed by atoms with Gasteiger partial charge in [0.05, 0.1) is 12.2 Å². The first kappa shape index (κ1) is 22.0. The fraction of sp³-hybridized carbons (Fsp3) is 0.304. The van der Waals surface area contributed by atoms with Gasteiger partial charge in [-0.05, 0) is 56.2 Å². The van der Waals surface area contributed by atoms with Crippen LogP contribution in [-0.2, 0) is 4.79 Å². The van der Waals surface area contributed by atoms with Crippen LogP contribution in [0.5, 0.6) is 5.75 Å². The van der Waals surface area contributed by atoms with Crippen molar-refractivity contribution in [2.45, 2.75) is 33.2 Å². The first-order valence-corrected chi connectivity index (χ1v) is 9.70. The number of carbonyl (C=O) groups is 2. The molecule has 0 radical (unpaired) electrons. The van der Waals surface area contributed by atoms with Gasteiger partial charge in [-0.2, -0.15) is 0 Å². The fourth-order valence-corrected chi connectivity index (χ4v) is 2.45. The largest absolute Gasteiger partial charge is 0.487 e. The van der Waals surface area contributed by atoms with E-state index in [1.54, 1.807) is 30.3 Å². The van der Waals surface area contributed by atoms with Crippen LogP contribution in [0.2, 0.25) is 0 Å². The predicted octanol–water partition coefficient (Wildman–Crippen LogP) is 4.22. The van der Waals surface area contributed by atoms with Crippen LogP contribution in [0.1, 0.15) is 37.6 Å². The summed E-state index contributed by atoms with van der Waals surface area (Å²) < 4.78 is 5.67. The zero-order chi connectivity index (χ0) is 21.2. The number of para-hydroxylation sites is 2. The second-order valence-electron chi connectivity index (χ2n) is 7.01. The van der Waals surface area contributed by atoms with Gasteiger partial charge in [0.25, 0.3) is 5.91 Å². The molecule has 1 unspecified atom stereocenters. The smallest absolute Gasteiger partial charge is 0.251 e. The summed E-state index contributed by atoms with van der Waals surface area (Å²) >= 11 is 0. The van der Waals surface area contributed by atoms with E-state index in [-0.39, 0.29) is 24.4 Å². The average molecular weight is 396 g/mol. The number of hydrogen-bond donors (Lipinski definition) is 3. The lowest BCUT2D eigenvalue weighted by molar-refractivity contribution is -0.114. The Morgan fingerprint density at radius 1 is 1.14 bits per heavy atom. The fourth-order valence-electron chi connectivity index (χ4n) is 2.45. The van der Waals surface area contributed by atoms with Gasteiger partial charge < -0.3 is 20.7 Å². The highest BCUT2D eigenvalue weighted by Gasteiger charge is 2.10. The lowest BCUT2D eigenvalue weighted by atomic mass is 10.1. The lowest BCUT2D eigenvalue weighted by Crippen LogP contribution is -2.31. The van der Waals surface area contributed by atoms with Gasteiger partial charge in [0.15, 0.2) is 0 Å². The van der Waals surface area contributed by atoms with Gasteiger partial charge in [-0.15, -0.1) is 0 Å². The number of ether oxygens (including phenoxy) is 1. The molecule has 0 saturated heterocycles. The van der Waals surface area contributed by atoms with Gasteiger partial charge in [-0.3, -0.25) is 9.59 Å². The Labute approximate surface area is 172 Å². The van der Waals surface area contributed by atoms with Gasteiger partial charge >= 0.3 is 0 Å². The number of carbonyl (C=O) groups excluding carboxylic acids is 2. The molecule has 0 saturated carbocycles. The molecule has 1 atom stereocenters.